The number of aromatic hydroxyl groups is 1. The summed E-state index contributed by atoms with van der Waals surface area (Å²) in [4.78, 5) is 26.2. The van der Waals surface area contributed by atoms with Crippen molar-refractivity contribution in [1.82, 2.24) is 10.4 Å². The number of aromatic nitrogens is 1. The van der Waals surface area contributed by atoms with Crippen molar-refractivity contribution in [3.05, 3.63) is 56.3 Å². The Kier molecular flexibility index (Phi) is 5.42. The fraction of sp³-hybridized carbons (Fsp3) is 0.0714. The molecule has 1 aromatic heterocycles. The lowest BCUT2D eigenvalue weighted by Crippen LogP contribution is -2.17. The van der Waals surface area contributed by atoms with E-state index in [0.717, 1.165) is 6.21 Å². The number of carbonyl (C=O) groups is 1. The highest BCUT2D eigenvalue weighted by atomic mass is 79.9. The summed E-state index contributed by atoms with van der Waals surface area (Å²) in [6.07, 6.45) is 3.96. The number of phenols is 1. The number of amides is 1. The Hall–Kier alpha value is -3.01. The largest absolute Gasteiger partial charge is 0.504 e. The number of nitro groups is 1. The quantitative estimate of drug-likeness (QED) is 0.454. The molecule has 1 aromatic carbocycles. The van der Waals surface area contributed by atoms with E-state index < -0.39 is 16.5 Å². The molecule has 24 heavy (non-hydrogen) atoms. The Labute approximate surface area is 144 Å². The van der Waals surface area contributed by atoms with Crippen molar-refractivity contribution in [2.45, 2.75) is 0 Å². The predicted molar refractivity (Wildman–Crippen MR) is 88.3 cm³/mol. The summed E-state index contributed by atoms with van der Waals surface area (Å²) in [5.41, 5.74) is 2.10. The number of hydrazone groups is 1. The molecular weight excluding hydrogens is 384 g/mol. The highest BCUT2D eigenvalue weighted by Gasteiger charge is 2.23. The zero-order valence-corrected chi connectivity index (χ0v) is 13.8. The van der Waals surface area contributed by atoms with Gasteiger partial charge < -0.3 is 9.84 Å². The molecule has 2 N–H and O–H groups in total. The minimum atomic E-state index is -0.708. The van der Waals surface area contributed by atoms with Crippen molar-refractivity contribution < 1.29 is 19.6 Å². The molecule has 0 aliphatic heterocycles. The van der Waals surface area contributed by atoms with Gasteiger partial charge in [0.15, 0.2) is 5.75 Å². The molecule has 0 fully saturated rings. The van der Waals surface area contributed by atoms with Crippen LogP contribution < -0.4 is 10.2 Å². The van der Waals surface area contributed by atoms with E-state index in [-0.39, 0.29) is 22.6 Å². The lowest BCUT2D eigenvalue weighted by Gasteiger charge is -2.06. The number of nitro benzene ring substituents is 1. The molecule has 2 rings (SSSR count). The van der Waals surface area contributed by atoms with E-state index in [1.54, 1.807) is 6.07 Å². The van der Waals surface area contributed by atoms with Crippen molar-refractivity contribution in [2.75, 3.05) is 7.11 Å². The molecule has 0 aliphatic carbocycles. The van der Waals surface area contributed by atoms with Gasteiger partial charge in [0, 0.05) is 16.9 Å². The van der Waals surface area contributed by atoms with Crippen molar-refractivity contribution in [3.63, 3.8) is 0 Å². The lowest BCUT2D eigenvalue weighted by atomic mass is 10.1. The number of nitrogens with one attached hydrogen (secondary N) is 1. The summed E-state index contributed by atoms with van der Waals surface area (Å²) in [7, 11) is 1.20. The number of phenolic OH excluding ortho intramolecular Hbond substituents is 1. The van der Waals surface area contributed by atoms with Gasteiger partial charge in [-0.3, -0.25) is 19.9 Å². The van der Waals surface area contributed by atoms with Crippen LogP contribution in [0, 0.1) is 10.1 Å². The number of carbonyl (C=O) groups excluding carboxylic acids is 1. The highest BCUT2D eigenvalue weighted by Crippen LogP contribution is 2.37. The normalized spacial score (nSPS) is 10.6. The van der Waals surface area contributed by atoms with Gasteiger partial charge >= 0.3 is 5.69 Å². The van der Waals surface area contributed by atoms with E-state index >= 15 is 0 Å². The number of methoxy groups -OCH3 is 1. The molecular formula is C14H11BrN4O5. The Morgan fingerprint density at radius 2 is 2.25 bits per heavy atom. The van der Waals surface area contributed by atoms with Crippen molar-refractivity contribution in [2.24, 2.45) is 5.10 Å². The van der Waals surface area contributed by atoms with Gasteiger partial charge in [0.1, 0.15) is 0 Å². The summed E-state index contributed by atoms with van der Waals surface area (Å²) in [6, 6.07) is 4.06. The maximum atomic E-state index is 11.9. The molecule has 0 saturated heterocycles. The topological polar surface area (TPSA) is 127 Å². The van der Waals surface area contributed by atoms with E-state index in [1.807, 2.05) is 0 Å². The van der Waals surface area contributed by atoms with Crippen LogP contribution in [0.15, 0.2) is 40.2 Å². The van der Waals surface area contributed by atoms with Gasteiger partial charge in [-0.2, -0.15) is 5.10 Å². The second-order valence-corrected chi connectivity index (χ2v) is 5.32. The summed E-state index contributed by atoms with van der Waals surface area (Å²) in [5.74, 6) is -1.19. The number of pyridine rings is 1. The summed E-state index contributed by atoms with van der Waals surface area (Å²) >= 11 is 3.19. The van der Waals surface area contributed by atoms with Crippen LogP contribution in [0.1, 0.15) is 15.9 Å². The van der Waals surface area contributed by atoms with Crippen molar-refractivity contribution in [1.29, 1.82) is 0 Å². The van der Waals surface area contributed by atoms with Gasteiger partial charge in [0.25, 0.3) is 5.91 Å². The van der Waals surface area contributed by atoms with E-state index in [9.17, 15) is 20.0 Å². The van der Waals surface area contributed by atoms with Gasteiger partial charge in [-0.1, -0.05) is 0 Å². The first kappa shape index (κ1) is 17.3. The summed E-state index contributed by atoms with van der Waals surface area (Å²) in [6.45, 7) is 0. The third-order valence-electron chi connectivity index (χ3n) is 2.87. The first-order valence-electron chi connectivity index (χ1n) is 6.42. The van der Waals surface area contributed by atoms with Crippen molar-refractivity contribution in [3.8, 4) is 11.5 Å². The van der Waals surface area contributed by atoms with E-state index in [4.69, 9.17) is 4.74 Å². The predicted octanol–water partition coefficient (Wildman–Crippen LogP) is 2.23. The Bertz CT molecular complexity index is 825. The Morgan fingerprint density at radius 3 is 2.88 bits per heavy atom. The van der Waals surface area contributed by atoms with E-state index in [0.29, 0.717) is 4.47 Å². The summed E-state index contributed by atoms with van der Waals surface area (Å²) in [5, 5.41) is 24.4. The van der Waals surface area contributed by atoms with Crippen LogP contribution in [0.4, 0.5) is 5.69 Å². The molecule has 0 bridgehead atoms. The maximum Gasteiger partial charge on any atom is 0.323 e. The number of nitrogens with zero attached hydrogens (tertiary/aromatic N) is 3. The zero-order chi connectivity index (χ0) is 17.7. The van der Waals surface area contributed by atoms with Crippen LogP contribution in [0.2, 0.25) is 0 Å². The first-order chi connectivity index (χ1) is 11.4. The minimum Gasteiger partial charge on any atom is -0.504 e. The van der Waals surface area contributed by atoms with Gasteiger partial charge in [-0.15, -0.1) is 0 Å². The van der Waals surface area contributed by atoms with Gasteiger partial charge in [-0.25, -0.2) is 5.43 Å². The number of halogens is 1. The molecule has 0 radical (unpaired) electrons. The molecule has 2 aromatic rings. The van der Waals surface area contributed by atoms with Gasteiger partial charge in [-0.05, 0) is 34.1 Å². The number of rotatable bonds is 5. The second-order valence-electron chi connectivity index (χ2n) is 4.40. The zero-order valence-electron chi connectivity index (χ0n) is 12.3. The number of hydrogen-bond donors (Lipinski definition) is 2. The molecule has 9 nitrogen and oxygen atoms in total. The average molecular weight is 395 g/mol. The monoisotopic (exact) mass is 394 g/mol. The number of benzene rings is 1. The standard InChI is InChI=1S/C14H11BrN4O5/c1-24-13-11(20)3-2-8(12(13)19(22)23)6-17-18-14(21)9-4-10(15)7-16-5-9/h2-7,20H,1H3,(H,18,21)/b17-6-. The third kappa shape index (κ3) is 3.84. The van der Waals surface area contributed by atoms with E-state index in [1.165, 1.54) is 31.6 Å². The van der Waals surface area contributed by atoms with E-state index in [2.05, 4.69) is 31.4 Å². The van der Waals surface area contributed by atoms with Crippen LogP contribution in [0.5, 0.6) is 11.5 Å². The van der Waals surface area contributed by atoms with Crippen LogP contribution in [0.25, 0.3) is 0 Å². The summed E-state index contributed by atoms with van der Waals surface area (Å²) < 4.78 is 5.46. The molecule has 0 saturated carbocycles. The third-order valence-corrected chi connectivity index (χ3v) is 3.30. The fourth-order valence-corrected chi connectivity index (χ4v) is 2.20. The van der Waals surface area contributed by atoms with Crippen LogP contribution >= 0.6 is 15.9 Å². The molecule has 10 heteroatoms. The molecule has 124 valence electrons. The fourth-order valence-electron chi connectivity index (χ4n) is 1.83. The molecule has 1 amide bonds. The maximum absolute atomic E-state index is 11.9. The molecule has 1 heterocycles. The lowest BCUT2D eigenvalue weighted by molar-refractivity contribution is -0.386. The van der Waals surface area contributed by atoms with Crippen LogP contribution in [0.3, 0.4) is 0 Å². The Morgan fingerprint density at radius 1 is 1.50 bits per heavy atom. The highest BCUT2D eigenvalue weighted by molar-refractivity contribution is 9.10. The minimum absolute atomic E-state index is 0.0577. The van der Waals surface area contributed by atoms with Gasteiger partial charge in [0.2, 0.25) is 5.75 Å². The molecule has 0 atom stereocenters. The number of ether oxygens (including phenoxy) is 1. The molecule has 0 aliphatic rings. The van der Waals surface area contributed by atoms with Crippen molar-refractivity contribution >= 4 is 33.7 Å². The number of hydrogen-bond acceptors (Lipinski definition) is 7. The smallest absolute Gasteiger partial charge is 0.323 e. The SMILES string of the molecule is COc1c(O)ccc(/C=N\NC(=O)c2cncc(Br)c2)c1[N+](=O)[O-]. The molecule has 0 spiro atoms. The average Bonchev–Trinajstić information content (AvgIpc) is 2.55. The first-order valence-corrected chi connectivity index (χ1v) is 7.21. The van der Waals surface area contributed by atoms with Crippen LogP contribution in [-0.4, -0.2) is 34.2 Å². The van der Waals surface area contributed by atoms with Crippen LogP contribution in [-0.2, 0) is 0 Å². The molecule has 0 unspecified atom stereocenters. The van der Waals surface area contributed by atoms with Gasteiger partial charge in [0.05, 0.1) is 29.4 Å². The second kappa shape index (κ2) is 7.51. The Balaban J connectivity index is 2.23.